The van der Waals surface area contributed by atoms with Crippen molar-refractivity contribution in [3.63, 3.8) is 0 Å². The molecule has 0 fully saturated rings. The summed E-state index contributed by atoms with van der Waals surface area (Å²) in [7, 11) is 0. The Kier molecular flexibility index (Phi) is 3.11. The Labute approximate surface area is 76.6 Å². The van der Waals surface area contributed by atoms with Crippen molar-refractivity contribution in [1.29, 1.82) is 0 Å². The number of Topliss-reactive ketones (excluding diaryl/α,β-unsaturated/α-hetero) is 1. The van der Waals surface area contributed by atoms with Gasteiger partial charge in [-0.15, -0.1) is 0 Å². The minimum atomic E-state index is -0.221. The largest absolute Gasteiger partial charge is 0.299 e. The van der Waals surface area contributed by atoms with Gasteiger partial charge in [0.25, 0.3) is 0 Å². The predicted octanol–water partition coefficient (Wildman–Crippen LogP) is 3.28. The molecule has 0 aliphatic heterocycles. The van der Waals surface area contributed by atoms with Crippen LogP contribution in [0.1, 0.15) is 48.5 Å². The van der Waals surface area contributed by atoms with Gasteiger partial charge in [0.05, 0.1) is 0 Å². The Hall–Kier alpha value is -0.330. The van der Waals surface area contributed by atoms with Crippen LogP contribution in [0.4, 0.5) is 0 Å². The molecule has 0 saturated heterocycles. The van der Waals surface area contributed by atoms with Gasteiger partial charge in [0, 0.05) is 5.41 Å². The van der Waals surface area contributed by atoms with Crippen LogP contribution in [0, 0.1) is 16.7 Å². The second kappa shape index (κ2) is 3.20. The zero-order valence-electron chi connectivity index (χ0n) is 9.49. The topological polar surface area (TPSA) is 17.1 Å². The standard InChI is InChI=1S/C11H22O/c1-8(2)10(4,5)11(6,7)9(3)12/h8H,1-7H3. The zero-order valence-corrected chi connectivity index (χ0v) is 9.49. The van der Waals surface area contributed by atoms with E-state index in [0.717, 1.165) is 0 Å². The molecule has 0 N–H and O–H groups in total. The quantitative estimate of drug-likeness (QED) is 0.635. The first kappa shape index (κ1) is 11.7. The average Bonchev–Trinajstić information content (AvgIpc) is 1.86. The lowest BCUT2D eigenvalue weighted by atomic mass is 9.60. The molecule has 1 nitrogen and oxygen atoms in total. The maximum Gasteiger partial charge on any atom is 0.135 e. The van der Waals surface area contributed by atoms with Crippen LogP contribution in [0.25, 0.3) is 0 Å². The highest BCUT2D eigenvalue weighted by Crippen LogP contribution is 2.44. The molecule has 0 aliphatic carbocycles. The fraction of sp³-hybridized carbons (Fsp3) is 0.909. The van der Waals surface area contributed by atoms with Crippen LogP contribution in [0.2, 0.25) is 0 Å². The van der Waals surface area contributed by atoms with E-state index in [1.165, 1.54) is 0 Å². The monoisotopic (exact) mass is 170 g/mol. The molecule has 0 aliphatic rings. The summed E-state index contributed by atoms with van der Waals surface area (Å²) >= 11 is 0. The van der Waals surface area contributed by atoms with Gasteiger partial charge >= 0.3 is 0 Å². The fourth-order valence-corrected chi connectivity index (χ4v) is 1.18. The lowest BCUT2D eigenvalue weighted by Gasteiger charge is -2.43. The first-order chi connectivity index (χ1) is 5.14. The molecule has 12 heavy (non-hydrogen) atoms. The van der Waals surface area contributed by atoms with E-state index in [1.54, 1.807) is 6.92 Å². The molecule has 0 amide bonds. The van der Waals surface area contributed by atoms with Gasteiger partial charge < -0.3 is 0 Å². The van der Waals surface area contributed by atoms with Crippen LogP contribution < -0.4 is 0 Å². The van der Waals surface area contributed by atoms with Gasteiger partial charge in [-0.05, 0) is 18.3 Å². The molecular weight excluding hydrogens is 148 g/mol. The molecule has 0 unspecified atom stereocenters. The van der Waals surface area contributed by atoms with Crippen LogP contribution in [-0.2, 0) is 4.79 Å². The second-order valence-electron chi connectivity index (χ2n) is 5.06. The minimum absolute atomic E-state index is 0.0683. The molecule has 0 spiro atoms. The number of ketones is 1. The summed E-state index contributed by atoms with van der Waals surface area (Å²) in [5.74, 6) is 0.803. The van der Waals surface area contributed by atoms with Crippen LogP contribution in [0.3, 0.4) is 0 Å². The maximum absolute atomic E-state index is 11.4. The van der Waals surface area contributed by atoms with Gasteiger partial charge in [-0.25, -0.2) is 0 Å². The first-order valence-corrected chi connectivity index (χ1v) is 4.65. The number of carbonyl (C=O) groups excluding carboxylic acids is 1. The Morgan fingerprint density at radius 2 is 1.42 bits per heavy atom. The summed E-state index contributed by atoms with van der Waals surface area (Å²) in [6.45, 7) is 14.4. The van der Waals surface area contributed by atoms with E-state index in [1.807, 2.05) is 13.8 Å². The van der Waals surface area contributed by atoms with Crippen molar-refractivity contribution in [2.24, 2.45) is 16.7 Å². The van der Waals surface area contributed by atoms with E-state index in [-0.39, 0.29) is 16.6 Å². The third-order valence-corrected chi connectivity index (χ3v) is 3.93. The van der Waals surface area contributed by atoms with Crippen LogP contribution in [0.5, 0.6) is 0 Å². The smallest absolute Gasteiger partial charge is 0.135 e. The third kappa shape index (κ3) is 1.70. The highest BCUT2D eigenvalue weighted by atomic mass is 16.1. The van der Waals surface area contributed by atoms with E-state index in [9.17, 15) is 4.79 Å². The zero-order chi connectivity index (χ0) is 10.2. The third-order valence-electron chi connectivity index (χ3n) is 3.93. The molecule has 0 aromatic heterocycles. The number of hydrogen-bond donors (Lipinski definition) is 0. The molecule has 0 saturated carbocycles. The Balaban J connectivity index is 4.88. The molecule has 0 heterocycles. The Morgan fingerprint density at radius 3 is 1.50 bits per heavy atom. The summed E-state index contributed by atoms with van der Waals surface area (Å²) in [5.41, 5.74) is -0.153. The molecule has 1 heteroatoms. The lowest BCUT2D eigenvalue weighted by Crippen LogP contribution is -2.41. The van der Waals surface area contributed by atoms with Gasteiger partial charge in [0.1, 0.15) is 5.78 Å². The Morgan fingerprint density at radius 1 is 1.08 bits per heavy atom. The van der Waals surface area contributed by atoms with Crippen molar-refractivity contribution in [2.75, 3.05) is 0 Å². The molecule has 0 bridgehead atoms. The predicted molar refractivity (Wildman–Crippen MR) is 53.1 cm³/mol. The summed E-state index contributed by atoms with van der Waals surface area (Å²) in [4.78, 5) is 11.4. The van der Waals surface area contributed by atoms with E-state index in [4.69, 9.17) is 0 Å². The molecule has 72 valence electrons. The van der Waals surface area contributed by atoms with Crippen LogP contribution >= 0.6 is 0 Å². The van der Waals surface area contributed by atoms with Gasteiger partial charge in [-0.2, -0.15) is 0 Å². The first-order valence-electron chi connectivity index (χ1n) is 4.65. The Bertz CT molecular complexity index is 175. The normalized spacial score (nSPS) is 13.7. The average molecular weight is 170 g/mol. The summed E-state index contributed by atoms with van der Waals surface area (Å²) < 4.78 is 0. The summed E-state index contributed by atoms with van der Waals surface area (Å²) in [6.07, 6.45) is 0. The molecule has 0 rings (SSSR count). The van der Waals surface area contributed by atoms with Crippen molar-refractivity contribution in [3.05, 3.63) is 0 Å². The molecule has 0 aromatic carbocycles. The van der Waals surface area contributed by atoms with E-state index in [0.29, 0.717) is 5.92 Å². The van der Waals surface area contributed by atoms with E-state index in [2.05, 4.69) is 27.7 Å². The highest BCUT2D eigenvalue weighted by Gasteiger charge is 2.42. The number of rotatable bonds is 3. The number of hydrogen-bond acceptors (Lipinski definition) is 1. The van der Waals surface area contributed by atoms with Gasteiger partial charge in [-0.1, -0.05) is 41.5 Å². The van der Waals surface area contributed by atoms with E-state index < -0.39 is 0 Å². The van der Waals surface area contributed by atoms with Crippen molar-refractivity contribution >= 4 is 5.78 Å². The molecule has 0 radical (unpaired) electrons. The lowest BCUT2D eigenvalue weighted by molar-refractivity contribution is -0.132. The SMILES string of the molecule is CC(=O)C(C)(C)C(C)(C)C(C)C. The van der Waals surface area contributed by atoms with Gasteiger partial charge in [-0.3, -0.25) is 4.79 Å². The van der Waals surface area contributed by atoms with Gasteiger partial charge in [0.15, 0.2) is 0 Å². The highest BCUT2D eigenvalue weighted by molar-refractivity contribution is 5.82. The van der Waals surface area contributed by atoms with Crippen LogP contribution in [-0.4, -0.2) is 5.78 Å². The minimum Gasteiger partial charge on any atom is -0.299 e. The van der Waals surface area contributed by atoms with Crippen LogP contribution in [0.15, 0.2) is 0 Å². The maximum atomic E-state index is 11.4. The van der Waals surface area contributed by atoms with Crippen molar-refractivity contribution in [3.8, 4) is 0 Å². The molecule has 0 aromatic rings. The molecular formula is C11H22O. The van der Waals surface area contributed by atoms with E-state index >= 15 is 0 Å². The second-order valence-corrected chi connectivity index (χ2v) is 5.06. The van der Waals surface area contributed by atoms with Crippen molar-refractivity contribution in [1.82, 2.24) is 0 Å². The van der Waals surface area contributed by atoms with Crippen molar-refractivity contribution < 1.29 is 4.79 Å². The number of carbonyl (C=O) groups is 1. The fourth-order valence-electron chi connectivity index (χ4n) is 1.18. The summed E-state index contributed by atoms with van der Waals surface area (Å²) in [6, 6.07) is 0. The van der Waals surface area contributed by atoms with Crippen molar-refractivity contribution in [2.45, 2.75) is 48.5 Å². The molecule has 0 atom stereocenters. The van der Waals surface area contributed by atoms with Gasteiger partial charge in [0.2, 0.25) is 0 Å². The summed E-state index contributed by atoms with van der Waals surface area (Å²) in [5, 5.41) is 0.